The maximum absolute atomic E-state index is 13.7. The van der Waals surface area contributed by atoms with Crippen LogP contribution in [0.2, 0.25) is 0 Å². The molecule has 0 spiro atoms. The topological polar surface area (TPSA) is 38.5 Å². The SMILES string of the molecule is CC(N)c1ccc(OCCCN2CCCC2)cc1F. The first-order valence-corrected chi connectivity index (χ1v) is 7.07. The Hall–Kier alpha value is -1.13. The number of hydrogen-bond donors (Lipinski definition) is 1. The van der Waals surface area contributed by atoms with Crippen molar-refractivity contribution in [2.45, 2.75) is 32.2 Å². The lowest BCUT2D eigenvalue weighted by Gasteiger charge is -2.15. The lowest BCUT2D eigenvalue weighted by atomic mass is 10.1. The molecule has 2 rings (SSSR count). The summed E-state index contributed by atoms with van der Waals surface area (Å²) in [7, 11) is 0. The number of hydrogen-bond acceptors (Lipinski definition) is 3. The molecule has 1 aromatic rings. The monoisotopic (exact) mass is 266 g/mol. The molecule has 0 saturated carbocycles. The van der Waals surface area contributed by atoms with Crippen molar-refractivity contribution in [2.24, 2.45) is 5.73 Å². The van der Waals surface area contributed by atoms with Crippen molar-refractivity contribution in [2.75, 3.05) is 26.2 Å². The Morgan fingerprint density at radius 3 is 2.74 bits per heavy atom. The smallest absolute Gasteiger partial charge is 0.131 e. The van der Waals surface area contributed by atoms with Gasteiger partial charge < -0.3 is 15.4 Å². The third kappa shape index (κ3) is 4.18. The van der Waals surface area contributed by atoms with Crippen LogP contribution in [0.5, 0.6) is 5.75 Å². The molecule has 106 valence electrons. The Morgan fingerprint density at radius 2 is 2.11 bits per heavy atom. The molecule has 1 aliphatic rings. The molecule has 1 aromatic carbocycles. The number of rotatable bonds is 6. The Morgan fingerprint density at radius 1 is 1.37 bits per heavy atom. The number of likely N-dealkylation sites (tertiary alicyclic amines) is 1. The third-order valence-electron chi connectivity index (χ3n) is 3.55. The Kier molecular flexibility index (Phi) is 5.16. The molecule has 4 heteroatoms. The molecule has 0 radical (unpaired) electrons. The summed E-state index contributed by atoms with van der Waals surface area (Å²) in [6.45, 7) is 5.89. The standard InChI is InChI=1S/C15H23FN2O/c1-12(17)14-6-5-13(11-15(14)16)19-10-4-9-18-7-2-3-8-18/h5-6,11-12H,2-4,7-10,17H2,1H3. The van der Waals surface area contributed by atoms with E-state index in [1.807, 2.05) is 0 Å². The molecule has 2 N–H and O–H groups in total. The van der Waals surface area contributed by atoms with Gasteiger partial charge in [0.1, 0.15) is 11.6 Å². The third-order valence-corrected chi connectivity index (χ3v) is 3.55. The molecule has 1 fully saturated rings. The van der Waals surface area contributed by atoms with E-state index in [-0.39, 0.29) is 11.9 Å². The second-order valence-electron chi connectivity index (χ2n) is 5.22. The van der Waals surface area contributed by atoms with Crippen LogP contribution in [0, 0.1) is 5.82 Å². The zero-order valence-corrected chi connectivity index (χ0v) is 11.6. The summed E-state index contributed by atoms with van der Waals surface area (Å²) in [6, 6.07) is 4.63. The largest absolute Gasteiger partial charge is 0.493 e. The highest BCUT2D eigenvalue weighted by Crippen LogP contribution is 2.20. The van der Waals surface area contributed by atoms with Gasteiger partial charge in [0.15, 0.2) is 0 Å². The van der Waals surface area contributed by atoms with E-state index in [1.165, 1.54) is 32.0 Å². The lowest BCUT2D eigenvalue weighted by molar-refractivity contribution is 0.262. The van der Waals surface area contributed by atoms with E-state index in [1.54, 1.807) is 19.1 Å². The highest BCUT2D eigenvalue weighted by molar-refractivity contribution is 5.30. The summed E-state index contributed by atoms with van der Waals surface area (Å²) in [5.74, 6) is 0.301. The molecule has 19 heavy (non-hydrogen) atoms. The molecule has 3 nitrogen and oxygen atoms in total. The molecule has 1 saturated heterocycles. The highest BCUT2D eigenvalue weighted by Gasteiger charge is 2.11. The fraction of sp³-hybridized carbons (Fsp3) is 0.600. The zero-order valence-electron chi connectivity index (χ0n) is 11.6. The highest BCUT2D eigenvalue weighted by atomic mass is 19.1. The van der Waals surface area contributed by atoms with Crippen LogP contribution in [0.1, 0.15) is 37.8 Å². The molecule has 1 atom stereocenters. The van der Waals surface area contributed by atoms with E-state index in [0.29, 0.717) is 17.9 Å². The van der Waals surface area contributed by atoms with Crippen LogP contribution in [0.3, 0.4) is 0 Å². The number of benzene rings is 1. The van der Waals surface area contributed by atoms with Gasteiger partial charge in [0.2, 0.25) is 0 Å². The maximum atomic E-state index is 13.7. The van der Waals surface area contributed by atoms with Crippen molar-refractivity contribution >= 4 is 0 Å². The first-order chi connectivity index (χ1) is 9.16. The van der Waals surface area contributed by atoms with Crippen LogP contribution >= 0.6 is 0 Å². The van der Waals surface area contributed by atoms with Crippen molar-refractivity contribution in [3.8, 4) is 5.75 Å². The van der Waals surface area contributed by atoms with Crippen LogP contribution in [0.4, 0.5) is 4.39 Å². The Labute approximate surface area is 114 Å². The molecule has 1 heterocycles. The van der Waals surface area contributed by atoms with Gasteiger partial charge in [0, 0.05) is 24.2 Å². The second kappa shape index (κ2) is 6.87. The van der Waals surface area contributed by atoms with Crippen molar-refractivity contribution < 1.29 is 9.13 Å². The van der Waals surface area contributed by atoms with E-state index in [4.69, 9.17) is 10.5 Å². The summed E-state index contributed by atoms with van der Waals surface area (Å²) >= 11 is 0. The van der Waals surface area contributed by atoms with Gasteiger partial charge in [0.25, 0.3) is 0 Å². The Bertz CT molecular complexity index is 403. The maximum Gasteiger partial charge on any atom is 0.131 e. The second-order valence-corrected chi connectivity index (χ2v) is 5.22. The predicted octanol–water partition coefficient (Wildman–Crippen LogP) is 2.71. The van der Waals surface area contributed by atoms with Crippen LogP contribution in [-0.2, 0) is 0 Å². The minimum absolute atomic E-state index is 0.285. The van der Waals surface area contributed by atoms with E-state index < -0.39 is 0 Å². The van der Waals surface area contributed by atoms with Gasteiger partial charge in [-0.15, -0.1) is 0 Å². The molecular formula is C15H23FN2O. The lowest BCUT2D eigenvalue weighted by Crippen LogP contribution is -2.21. The van der Waals surface area contributed by atoms with Crippen molar-refractivity contribution in [1.29, 1.82) is 0 Å². The zero-order chi connectivity index (χ0) is 13.7. The summed E-state index contributed by atoms with van der Waals surface area (Å²) in [4.78, 5) is 2.45. The van der Waals surface area contributed by atoms with Crippen molar-refractivity contribution in [3.05, 3.63) is 29.6 Å². The van der Waals surface area contributed by atoms with Gasteiger partial charge >= 0.3 is 0 Å². The van der Waals surface area contributed by atoms with Crippen LogP contribution in [0.25, 0.3) is 0 Å². The van der Waals surface area contributed by atoms with E-state index in [2.05, 4.69) is 4.90 Å². The average Bonchev–Trinajstić information content (AvgIpc) is 2.87. The molecule has 1 aliphatic heterocycles. The Balaban J connectivity index is 1.74. The average molecular weight is 266 g/mol. The van der Waals surface area contributed by atoms with E-state index >= 15 is 0 Å². The van der Waals surface area contributed by atoms with Crippen LogP contribution in [0.15, 0.2) is 18.2 Å². The summed E-state index contributed by atoms with van der Waals surface area (Å²) in [6.07, 6.45) is 3.60. The molecule has 0 aromatic heterocycles. The first-order valence-electron chi connectivity index (χ1n) is 7.07. The first kappa shape index (κ1) is 14.3. The summed E-state index contributed by atoms with van der Waals surface area (Å²) in [5, 5.41) is 0. The molecule has 0 aliphatic carbocycles. The van der Waals surface area contributed by atoms with Crippen LogP contribution < -0.4 is 10.5 Å². The number of ether oxygens (including phenoxy) is 1. The number of halogens is 1. The van der Waals surface area contributed by atoms with E-state index in [9.17, 15) is 4.39 Å². The quantitative estimate of drug-likeness (QED) is 0.805. The van der Waals surface area contributed by atoms with Gasteiger partial charge in [-0.05, 0) is 45.3 Å². The van der Waals surface area contributed by atoms with E-state index in [0.717, 1.165) is 13.0 Å². The predicted molar refractivity (Wildman–Crippen MR) is 74.8 cm³/mol. The summed E-state index contributed by atoms with van der Waals surface area (Å²) < 4.78 is 19.3. The molecular weight excluding hydrogens is 243 g/mol. The van der Waals surface area contributed by atoms with Gasteiger partial charge in [-0.2, -0.15) is 0 Å². The summed E-state index contributed by atoms with van der Waals surface area (Å²) in [5.41, 5.74) is 6.20. The van der Waals surface area contributed by atoms with Gasteiger partial charge in [-0.25, -0.2) is 4.39 Å². The van der Waals surface area contributed by atoms with Gasteiger partial charge in [-0.3, -0.25) is 0 Å². The number of nitrogens with zero attached hydrogens (tertiary/aromatic N) is 1. The van der Waals surface area contributed by atoms with Crippen molar-refractivity contribution in [3.63, 3.8) is 0 Å². The molecule has 1 unspecified atom stereocenters. The van der Waals surface area contributed by atoms with Gasteiger partial charge in [-0.1, -0.05) is 6.07 Å². The number of nitrogens with two attached hydrogens (primary N) is 1. The minimum Gasteiger partial charge on any atom is -0.493 e. The fourth-order valence-corrected chi connectivity index (χ4v) is 2.45. The van der Waals surface area contributed by atoms with Crippen molar-refractivity contribution in [1.82, 2.24) is 4.90 Å². The molecule has 0 bridgehead atoms. The molecule has 0 amide bonds. The normalized spacial score (nSPS) is 17.6. The fourth-order valence-electron chi connectivity index (χ4n) is 2.45. The van der Waals surface area contributed by atoms with Gasteiger partial charge in [0.05, 0.1) is 6.61 Å². The minimum atomic E-state index is -0.288. The van der Waals surface area contributed by atoms with Crippen LogP contribution in [-0.4, -0.2) is 31.1 Å².